The van der Waals surface area contributed by atoms with E-state index in [1.54, 1.807) is 46.0 Å². The SMILES string of the molecule is NS(=O)(=O)c1cccc(-c2cn(-c3nc(C(=O)O)cs3)c3ccc(C(=O)N4CCOCC4)cc23)c1. The average molecular weight is 513 g/mol. The summed E-state index contributed by atoms with van der Waals surface area (Å²) in [6.45, 7) is 1.95. The fourth-order valence-corrected chi connectivity index (χ4v) is 5.36. The van der Waals surface area contributed by atoms with Crippen molar-refractivity contribution in [3.63, 3.8) is 0 Å². The Morgan fingerprint density at radius 3 is 2.57 bits per heavy atom. The van der Waals surface area contributed by atoms with Gasteiger partial charge in [-0.1, -0.05) is 12.1 Å². The van der Waals surface area contributed by atoms with Crippen molar-refractivity contribution in [1.29, 1.82) is 0 Å². The Morgan fingerprint density at radius 1 is 1.11 bits per heavy atom. The number of morpholine rings is 1. The highest BCUT2D eigenvalue weighted by Crippen LogP contribution is 2.35. The lowest BCUT2D eigenvalue weighted by Gasteiger charge is -2.26. The van der Waals surface area contributed by atoms with Gasteiger partial charge in [-0.05, 0) is 35.9 Å². The van der Waals surface area contributed by atoms with Gasteiger partial charge in [0.15, 0.2) is 10.8 Å². The van der Waals surface area contributed by atoms with Crippen LogP contribution in [0, 0.1) is 0 Å². The van der Waals surface area contributed by atoms with Crippen LogP contribution in [0.1, 0.15) is 20.8 Å². The van der Waals surface area contributed by atoms with Gasteiger partial charge in [0, 0.05) is 41.2 Å². The fraction of sp³-hybridized carbons (Fsp3) is 0.174. The van der Waals surface area contributed by atoms with Crippen molar-refractivity contribution in [2.75, 3.05) is 26.3 Å². The number of carboxylic acid groups (broad SMARTS) is 1. The van der Waals surface area contributed by atoms with Gasteiger partial charge in [-0.15, -0.1) is 11.3 Å². The molecular weight excluding hydrogens is 492 g/mol. The van der Waals surface area contributed by atoms with E-state index in [1.807, 2.05) is 0 Å². The molecule has 0 bridgehead atoms. The van der Waals surface area contributed by atoms with Crippen molar-refractivity contribution in [3.8, 4) is 16.3 Å². The lowest BCUT2D eigenvalue weighted by molar-refractivity contribution is 0.0303. The van der Waals surface area contributed by atoms with Gasteiger partial charge in [0.1, 0.15) is 0 Å². The van der Waals surface area contributed by atoms with Gasteiger partial charge in [-0.25, -0.2) is 23.3 Å². The molecule has 1 aliphatic heterocycles. The third-order valence-corrected chi connectivity index (χ3v) is 7.49. The summed E-state index contributed by atoms with van der Waals surface area (Å²) in [5.74, 6) is -1.27. The molecule has 0 aliphatic carbocycles. The molecule has 4 aromatic rings. The molecule has 0 spiro atoms. The Kier molecular flexibility index (Phi) is 5.89. The van der Waals surface area contributed by atoms with Gasteiger partial charge >= 0.3 is 5.97 Å². The maximum absolute atomic E-state index is 13.1. The topological polar surface area (TPSA) is 145 Å². The van der Waals surface area contributed by atoms with E-state index in [4.69, 9.17) is 9.88 Å². The highest BCUT2D eigenvalue weighted by molar-refractivity contribution is 7.89. The largest absolute Gasteiger partial charge is 0.476 e. The first kappa shape index (κ1) is 23.2. The molecule has 1 amide bonds. The lowest BCUT2D eigenvalue weighted by atomic mass is 10.0. The van der Waals surface area contributed by atoms with Crippen LogP contribution < -0.4 is 5.14 Å². The number of aromatic carboxylic acids is 1. The molecule has 1 fully saturated rings. The number of aromatic nitrogens is 2. The number of carbonyl (C=O) groups is 2. The summed E-state index contributed by atoms with van der Waals surface area (Å²) in [7, 11) is -3.93. The number of hydrogen-bond acceptors (Lipinski definition) is 7. The molecule has 12 heteroatoms. The number of amides is 1. The van der Waals surface area contributed by atoms with Crippen molar-refractivity contribution in [1.82, 2.24) is 14.5 Å². The van der Waals surface area contributed by atoms with Crippen molar-refractivity contribution >= 4 is 44.1 Å². The Bertz CT molecular complexity index is 1570. The van der Waals surface area contributed by atoms with Crippen LogP contribution in [0.5, 0.6) is 0 Å². The summed E-state index contributed by atoms with van der Waals surface area (Å²) < 4.78 is 30.9. The summed E-state index contributed by atoms with van der Waals surface area (Å²) in [4.78, 5) is 30.4. The fourth-order valence-electron chi connectivity index (χ4n) is 4.01. The van der Waals surface area contributed by atoms with Crippen LogP contribution >= 0.6 is 11.3 Å². The minimum Gasteiger partial charge on any atom is -0.476 e. The van der Waals surface area contributed by atoms with Gasteiger partial charge in [0.25, 0.3) is 5.91 Å². The number of fused-ring (bicyclic) bond motifs is 1. The Hall–Kier alpha value is -3.58. The van der Waals surface area contributed by atoms with Crippen LogP contribution in [-0.4, -0.2) is 66.2 Å². The third-order valence-electron chi connectivity index (χ3n) is 5.74. The van der Waals surface area contributed by atoms with E-state index in [2.05, 4.69) is 4.98 Å². The van der Waals surface area contributed by atoms with Gasteiger partial charge in [-0.3, -0.25) is 9.36 Å². The zero-order chi connectivity index (χ0) is 24.7. The lowest BCUT2D eigenvalue weighted by Crippen LogP contribution is -2.40. The molecule has 2 aromatic carbocycles. The Labute approximate surface area is 204 Å². The van der Waals surface area contributed by atoms with E-state index in [0.717, 1.165) is 11.3 Å². The van der Waals surface area contributed by atoms with Crippen LogP contribution in [0.25, 0.3) is 27.2 Å². The molecule has 180 valence electrons. The molecular formula is C23H20N4O6S2. The van der Waals surface area contributed by atoms with E-state index in [1.165, 1.54) is 17.5 Å². The molecule has 10 nitrogen and oxygen atoms in total. The van der Waals surface area contributed by atoms with Gasteiger partial charge in [0.2, 0.25) is 10.0 Å². The number of carbonyl (C=O) groups excluding carboxylic acids is 1. The number of nitrogens with zero attached hydrogens (tertiary/aromatic N) is 3. The Balaban J connectivity index is 1.69. The summed E-state index contributed by atoms with van der Waals surface area (Å²) in [6.07, 6.45) is 1.75. The number of sulfonamides is 1. The van der Waals surface area contributed by atoms with Crippen molar-refractivity contribution in [2.24, 2.45) is 5.14 Å². The van der Waals surface area contributed by atoms with E-state index in [9.17, 15) is 23.1 Å². The van der Waals surface area contributed by atoms with Crippen LogP contribution in [0.15, 0.2) is 58.9 Å². The number of ether oxygens (including phenoxy) is 1. The van der Waals surface area contributed by atoms with Crippen LogP contribution in [0.3, 0.4) is 0 Å². The second-order valence-electron chi connectivity index (χ2n) is 7.94. The third kappa shape index (κ3) is 4.44. The first-order valence-corrected chi connectivity index (χ1v) is 13.0. The van der Waals surface area contributed by atoms with E-state index < -0.39 is 16.0 Å². The molecule has 1 saturated heterocycles. The zero-order valence-electron chi connectivity index (χ0n) is 18.2. The van der Waals surface area contributed by atoms with E-state index >= 15 is 0 Å². The highest BCUT2D eigenvalue weighted by Gasteiger charge is 2.22. The predicted molar refractivity (Wildman–Crippen MR) is 129 cm³/mol. The predicted octanol–water partition coefficient (Wildman–Crippen LogP) is 2.57. The first-order chi connectivity index (χ1) is 16.7. The minimum atomic E-state index is -3.93. The minimum absolute atomic E-state index is 0.0427. The maximum Gasteiger partial charge on any atom is 0.355 e. The number of rotatable bonds is 5. The quantitative estimate of drug-likeness (QED) is 0.418. The van der Waals surface area contributed by atoms with E-state index in [0.29, 0.717) is 59.0 Å². The zero-order valence-corrected chi connectivity index (χ0v) is 19.9. The molecule has 0 saturated carbocycles. The number of carboxylic acids is 1. The standard InChI is InChI=1S/C23H20N4O6S2/c24-35(31,32)16-3-1-2-14(10-16)18-12-27(23-25-19(13-34-23)22(29)30)20-5-4-15(11-17(18)20)21(28)26-6-8-33-9-7-26/h1-5,10-13H,6-9H2,(H,29,30)(H2,24,31,32). The first-order valence-electron chi connectivity index (χ1n) is 10.6. The second-order valence-corrected chi connectivity index (χ2v) is 10.3. The molecule has 3 N–H and O–H groups in total. The molecule has 1 aliphatic rings. The van der Waals surface area contributed by atoms with Crippen LogP contribution in [0.4, 0.5) is 0 Å². The smallest absolute Gasteiger partial charge is 0.355 e. The normalized spacial score (nSPS) is 14.4. The van der Waals surface area contributed by atoms with Gasteiger partial charge < -0.3 is 14.7 Å². The summed E-state index contributed by atoms with van der Waals surface area (Å²) in [5.41, 5.74) is 2.31. The second kappa shape index (κ2) is 8.89. The number of benzene rings is 2. The number of thiazole rings is 1. The number of primary sulfonamides is 1. The summed E-state index contributed by atoms with van der Waals surface area (Å²) in [6, 6.07) is 11.5. The van der Waals surface area contributed by atoms with Crippen molar-refractivity contribution in [3.05, 3.63) is 65.3 Å². The molecule has 35 heavy (non-hydrogen) atoms. The number of nitrogens with two attached hydrogens (primary N) is 1. The summed E-state index contributed by atoms with van der Waals surface area (Å²) in [5, 5.41) is 17.2. The number of hydrogen-bond donors (Lipinski definition) is 2. The molecule has 0 unspecified atom stereocenters. The molecule has 0 atom stereocenters. The van der Waals surface area contributed by atoms with E-state index in [-0.39, 0.29) is 16.5 Å². The molecule has 5 rings (SSSR count). The average Bonchev–Trinajstić information content (AvgIpc) is 3.49. The van der Waals surface area contributed by atoms with Crippen molar-refractivity contribution < 1.29 is 27.9 Å². The van der Waals surface area contributed by atoms with Crippen LogP contribution in [-0.2, 0) is 14.8 Å². The molecule has 0 radical (unpaired) electrons. The Morgan fingerprint density at radius 2 is 1.89 bits per heavy atom. The van der Waals surface area contributed by atoms with Crippen LogP contribution in [0.2, 0.25) is 0 Å². The molecule has 3 heterocycles. The maximum atomic E-state index is 13.1. The van der Waals surface area contributed by atoms with Crippen molar-refractivity contribution in [2.45, 2.75) is 4.90 Å². The highest BCUT2D eigenvalue weighted by atomic mass is 32.2. The van der Waals surface area contributed by atoms with Gasteiger partial charge in [-0.2, -0.15) is 0 Å². The monoisotopic (exact) mass is 512 g/mol. The van der Waals surface area contributed by atoms with Gasteiger partial charge in [0.05, 0.1) is 23.6 Å². The molecule has 2 aromatic heterocycles. The summed E-state index contributed by atoms with van der Waals surface area (Å²) >= 11 is 1.16.